The molecule has 1 fully saturated rings. The van der Waals surface area contributed by atoms with Crippen molar-refractivity contribution < 1.29 is 18.0 Å². The lowest BCUT2D eigenvalue weighted by Crippen LogP contribution is -2.26. The minimum absolute atomic E-state index is 0.199. The SMILES string of the molecule is Cc1nn(-c2ccccc2)c(N2CCCC2)c1/C=N/NC(=O)CNc1cccc(C(F)(F)F)c1. The molecule has 0 saturated carbocycles. The van der Waals surface area contributed by atoms with E-state index in [1.807, 2.05) is 41.9 Å². The van der Waals surface area contributed by atoms with Crippen LogP contribution in [0.25, 0.3) is 5.69 Å². The van der Waals surface area contributed by atoms with Gasteiger partial charge in [-0.1, -0.05) is 24.3 Å². The summed E-state index contributed by atoms with van der Waals surface area (Å²) in [4.78, 5) is 14.5. The summed E-state index contributed by atoms with van der Waals surface area (Å²) in [6.45, 7) is 3.48. The summed E-state index contributed by atoms with van der Waals surface area (Å²) in [5.74, 6) is 0.436. The van der Waals surface area contributed by atoms with Crippen molar-refractivity contribution in [1.82, 2.24) is 15.2 Å². The summed E-state index contributed by atoms with van der Waals surface area (Å²) in [7, 11) is 0. The van der Waals surface area contributed by atoms with Gasteiger partial charge in [-0.2, -0.15) is 23.4 Å². The first kappa shape index (κ1) is 23.3. The van der Waals surface area contributed by atoms with Gasteiger partial charge in [-0.3, -0.25) is 4.79 Å². The average Bonchev–Trinajstić information content (AvgIpc) is 3.46. The molecule has 0 atom stereocenters. The summed E-state index contributed by atoms with van der Waals surface area (Å²) in [6, 6.07) is 14.5. The number of rotatable bonds is 7. The van der Waals surface area contributed by atoms with Crippen molar-refractivity contribution in [3.05, 3.63) is 71.4 Å². The number of carbonyl (C=O) groups is 1. The Morgan fingerprint density at radius 1 is 1.12 bits per heavy atom. The highest BCUT2D eigenvalue weighted by Gasteiger charge is 2.30. The van der Waals surface area contributed by atoms with Gasteiger partial charge in [-0.15, -0.1) is 0 Å². The van der Waals surface area contributed by atoms with E-state index in [9.17, 15) is 18.0 Å². The highest BCUT2D eigenvalue weighted by Crippen LogP contribution is 2.31. The molecule has 0 bridgehead atoms. The van der Waals surface area contributed by atoms with Crippen molar-refractivity contribution in [2.45, 2.75) is 25.9 Å². The molecule has 7 nitrogen and oxygen atoms in total. The minimum Gasteiger partial charge on any atom is -0.376 e. The molecule has 0 spiro atoms. The van der Waals surface area contributed by atoms with Gasteiger partial charge in [-0.05, 0) is 50.1 Å². The number of hydrogen-bond donors (Lipinski definition) is 2. The molecule has 1 saturated heterocycles. The van der Waals surface area contributed by atoms with Gasteiger partial charge in [0.25, 0.3) is 5.91 Å². The molecule has 1 amide bonds. The molecule has 10 heteroatoms. The number of para-hydroxylation sites is 1. The van der Waals surface area contributed by atoms with E-state index in [0.29, 0.717) is 0 Å². The molecule has 178 valence electrons. The molecule has 0 aliphatic carbocycles. The molecule has 0 radical (unpaired) electrons. The van der Waals surface area contributed by atoms with Gasteiger partial charge >= 0.3 is 6.18 Å². The van der Waals surface area contributed by atoms with Crippen molar-refractivity contribution in [1.29, 1.82) is 0 Å². The summed E-state index contributed by atoms with van der Waals surface area (Å²) in [5.41, 5.74) is 4.35. The number of nitrogens with one attached hydrogen (secondary N) is 2. The topological polar surface area (TPSA) is 74.5 Å². The Morgan fingerprint density at radius 3 is 2.56 bits per heavy atom. The van der Waals surface area contributed by atoms with Crippen LogP contribution in [0.5, 0.6) is 0 Å². The van der Waals surface area contributed by atoms with Crippen LogP contribution in [0.15, 0.2) is 59.7 Å². The highest BCUT2D eigenvalue weighted by molar-refractivity contribution is 5.90. The molecule has 2 heterocycles. The molecule has 34 heavy (non-hydrogen) atoms. The fourth-order valence-corrected chi connectivity index (χ4v) is 3.86. The maximum Gasteiger partial charge on any atom is 0.416 e. The molecular weight excluding hydrogens is 445 g/mol. The molecule has 1 aliphatic heterocycles. The fraction of sp³-hybridized carbons (Fsp3) is 0.292. The standard InChI is InChI=1S/C24H25F3N6O/c1-17-21(23(32-12-5-6-13-32)33(31-17)20-10-3-2-4-11-20)15-29-30-22(34)16-28-19-9-7-8-18(14-19)24(25,26)27/h2-4,7-11,14-15,28H,5-6,12-13,16H2,1H3,(H,30,34)/b29-15+. The van der Waals surface area contributed by atoms with E-state index in [4.69, 9.17) is 5.10 Å². The molecule has 4 rings (SSSR count). The molecule has 1 aliphatic rings. The van der Waals surface area contributed by atoms with Gasteiger partial charge in [0.2, 0.25) is 0 Å². The van der Waals surface area contributed by atoms with Crippen LogP contribution < -0.4 is 15.6 Å². The lowest BCUT2D eigenvalue weighted by atomic mass is 10.2. The van der Waals surface area contributed by atoms with Crippen molar-refractivity contribution in [2.75, 3.05) is 29.9 Å². The maximum atomic E-state index is 12.8. The zero-order valence-corrected chi connectivity index (χ0v) is 18.6. The number of hydrogen-bond acceptors (Lipinski definition) is 5. The second-order valence-corrected chi connectivity index (χ2v) is 7.99. The largest absolute Gasteiger partial charge is 0.416 e. The van der Waals surface area contributed by atoms with Crippen LogP contribution in [-0.4, -0.2) is 41.5 Å². The Hall–Kier alpha value is -3.82. The Kier molecular flexibility index (Phi) is 6.85. The molecular formula is C24H25F3N6O. The summed E-state index contributed by atoms with van der Waals surface area (Å²) >= 11 is 0. The predicted molar refractivity (Wildman–Crippen MR) is 125 cm³/mol. The van der Waals surface area contributed by atoms with E-state index >= 15 is 0 Å². The van der Waals surface area contributed by atoms with Gasteiger partial charge in [-0.25, -0.2) is 10.1 Å². The lowest BCUT2D eigenvalue weighted by molar-refractivity contribution is -0.137. The summed E-state index contributed by atoms with van der Waals surface area (Å²) in [5, 5.41) is 11.5. The van der Waals surface area contributed by atoms with Crippen molar-refractivity contribution >= 4 is 23.6 Å². The van der Waals surface area contributed by atoms with Gasteiger partial charge < -0.3 is 10.2 Å². The van der Waals surface area contributed by atoms with E-state index in [1.165, 1.54) is 12.1 Å². The second-order valence-electron chi connectivity index (χ2n) is 7.99. The third-order valence-corrected chi connectivity index (χ3v) is 5.51. The number of alkyl halides is 3. The first-order valence-electron chi connectivity index (χ1n) is 11.0. The van der Waals surface area contributed by atoms with Crippen LogP contribution in [-0.2, 0) is 11.0 Å². The smallest absolute Gasteiger partial charge is 0.376 e. The van der Waals surface area contributed by atoms with E-state index < -0.39 is 17.6 Å². The summed E-state index contributed by atoms with van der Waals surface area (Å²) in [6.07, 6.45) is -0.696. The zero-order chi connectivity index (χ0) is 24.1. The van der Waals surface area contributed by atoms with Crippen molar-refractivity contribution in [3.8, 4) is 5.69 Å². The third kappa shape index (κ3) is 5.38. The zero-order valence-electron chi connectivity index (χ0n) is 18.6. The number of halogens is 3. The van der Waals surface area contributed by atoms with E-state index in [2.05, 4.69) is 20.7 Å². The Balaban J connectivity index is 1.45. The van der Waals surface area contributed by atoms with Crippen LogP contribution >= 0.6 is 0 Å². The van der Waals surface area contributed by atoms with Crippen LogP contribution in [0.1, 0.15) is 29.7 Å². The van der Waals surface area contributed by atoms with E-state index in [1.54, 1.807) is 6.21 Å². The minimum atomic E-state index is -4.45. The highest BCUT2D eigenvalue weighted by atomic mass is 19.4. The summed E-state index contributed by atoms with van der Waals surface area (Å²) < 4.78 is 40.4. The van der Waals surface area contributed by atoms with Crippen LogP contribution in [0, 0.1) is 6.92 Å². The monoisotopic (exact) mass is 470 g/mol. The first-order valence-corrected chi connectivity index (χ1v) is 11.0. The quantitative estimate of drug-likeness (QED) is 0.398. The number of amides is 1. The Bertz CT molecular complexity index is 1170. The van der Waals surface area contributed by atoms with Crippen LogP contribution in [0.3, 0.4) is 0 Å². The van der Waals surface area contributed by atoms with Crippen molar-refractivity contribution in [2.24, 2.45) is 5.10 Å². The third-order valence-electron chi connectivity index (χ3n) is 5.51. The van der Waals surface area contributed by atoms with Gasteiger partial charge in [0.1, 0.15) is 5.82 Å². The normalized spacial score (nSPS) is 14.1. The number of aromatic nitrogens is 2. The van der Waals surface area contributed by atoms with E-state index in [0.717, 1.165) is 60.8 Å². The average molecular weight is 470 g/mol. The van der Waals surface area contributed by atoms with Gasteiger partial charge in [0, 0.05) is 18.8 Å². The van der Waals surface area contributed by atoms with Gasteiger partial charge in [0.15, 0.2) is 0 Å². The number of benzene rings is 2. The number of carbonyl (C=O) groups excluding carboxylic acids is 1. The Labute approximate surface area is 195 Å². The number of nitrogens with zero attached hydrogens (tertiary/aromatic N) is 4. The van der Waals surface area contributed by atoms with Crippen LogP contribution in [0.4, 0.5) is 24.7 Å². The lowest BCUT2D eigenvalue weighted by Gasteiger charge is -2.20. The molecule has 0 unspecified atom stereocenters. The number of aryl methyl sites for hydroxylation is 1. The predicted octanol–water partition coefficient (Wildman–Crippen LogP) is 4.36. The maximum absolute atomic E-state index is 12.8. The van der Waals surface area contributed by atoms with Gasteiger partial charge in [0.05, 0.1) is 35.3 Å². The first-order chi connectivity index (χ1) is 16.3. The molecule has 2 N–H and O–H groups in total. The number of hydrazone groups is 1. The molecule has 1 aromatic heterocycles. The fourth-order valence-electron chi connectivity index (χ4n) is 3.86. The molecule has 2 aromatic carbocycles. The Morgan fingerprint density at radius 2 is 1.85 bits per heavy atom. The molecule has 3 aromatic rings. The second kappa shape index (κ2) is 9.98. The van der Waals surface area contributed by atoms with E-state index in [-0.39, 0.29) is 12.2 Å². The van der Waals surface area contributed by atoms with Crippen molar-refractivity contribution in [3.63, 3.8) is 0 Å². The van der Waals surface area contributed by atoms with Crippen LogP contribution in [0.2, 0.25) is 0 Å². The number of anilines is 2.